The largest absolute Gasteiger partial charge is 0.321 e. The summed E-state index contributed by atoms with van der Waals surface area (Å²) in [7, 11) is 0. The molecule has 108 valence electrons. The van der Waals surface area contributed by atoms with E-state index in [1.165, 1.54) is 0 Å². The van der Waals surface area contributed by atoms with Gasteiger partial charge in [-0.15, -0.1) is 18.3 Å². The Hall–Kier alpha value is -0.980. The van der Waals surface area contributed by atoms with Crippen LogP contribution in [0.1, 0.15) is 10.4 Å². The molecule has 5 heteroatoms. The van der Waals surface area contributed by atoms with E-state index in [0.717, 1.165) is 19.9 Å². The Kier molecular flexibility index (Phi) is 6.14. The number of hydrogen-bond acceptors (Lipinski definition) is 2. The number of halogens is 2. The molecule has 0 aliphatic rings. The fourth-order valence-electron chi connectivity index (χ4n) is 1.71. The fraction of sp³-hybridized carbons (Fsp3) is 0.0625. The second kappa shape index (κ2) is 7.87. The van der Waals surface area contributed by atoms with Gasteiger partial charge in [-0.1, -0.05) is 29.8 Å². The van der Waals surface area contributed by atoms with E-state index in [1.54, 1.807) is 23.9 Å². The highest BCUT2D eigenvalue weighted by Crippen LogP contribution is 2.28. The third-order valence-electron chi connectivity index (χ3n) is 2.66. The van der Waals surface area contributed by atoms with E-state index in [9.17, 15) is 4.79 Å². The van der Waals surface area contributed by atoms with E-state index in [2.05, 4.69) is 34.5 Å². The summed E-state index contributed by atoms with van der Waals surface area (Å²) in [6, 6.07) is 13.0. The third-order valence-corrected chi connectivity index (χ3v) is 4.91. The first-order chi connectivity index (χ1) is 10.1. The normalized spacial score (nSPS) is 10.2. The summed E-state index contributed by atoms with van der Waals surface area (Å²) in [6.45, 7) is 3.71. The molecular weight excluding hydrogens is 417 g/mol. The van der Waals surface area contributed by atoms with Crippen LogP contribution >= 0.6 is 46.0 Å². The molecule has 1 N–H and O–H groups in total. The molecule has 0 atom stereocenters. The topological polar surface area (TPSA) is 29.1 Å². The summed E-state index contributed by atoms with van der Waals surface area (Å²) in [5.41, 5.74) is 1.37. The number of carbonyl (C=O) groups is 1. The van der Waals surface area contributed by atoms with Gasteiger partial charge in [0.1, 0.15) is 0 Å². The van der Waals surface area contributed by atoms with Gasteiger partial charge in [0.2, 0.25) is 0 Å². The van der Waals surface area contributed by atoms with Crippen LogP contribution in [0.5, 0.6) is 0 Å². The van der Waals surface area contributed by atoms with Gasteiger partial charge in [-0.05, 0) is 52.9 Å². The molecule has 0 fully saturated rings. The van der Waals surface area contributed by atoms with Gasteiger partial charge in [0.05, 0.1) is 11.3 Å². The molecule has 0 aliphatic carbocycles. The highest BCUT2D eigenvalue weighted by molar-refractivity contribution is 14.1. The number of nitrogens with one attached hydrogen (secondary N) is 1. The number of carbonyl (C=O) groups excluding carboxylic acids is 1. The lowest BCUT2D eigenvalue weighted by Crippen LogP contribution is -2.14. The first-order valence-electron chi connectivity index (χ1n) is 6.21. The van der Waals surface area contributed by atoms with Crippen LogP contribution in [0.15, 0.2) is 60.0 Å². The lowest BCUT2D eigenvalue weighted by atomic mass is 10.2. The summed E-state index contributed by atoms with van der Waals surface area (Å²) < 4.78 is 0.866. The molecular formula is C16H13ClINOS. The number of thioether (sulfide) groups is 1. The van der Waals surface area contributed by atoms with Gasteiger partial charge < -0.3 is 5.32 Å². The molecule has 0 heterocycles. The maximum Gasteiger partial charge on any atom is 0.256 e. The van der Waals surface area contributed by atoms with E-state index >= 15 is 0 Å². The molecule has 2 nitrogen and oxygen atoms in total. The zero-order valence-electron chi connectivity index (χ0n) is 11.1. The van der Waals surface area contributed by atoms with Crippen LogP contribution in [0, 0.1) is 3.57 Å². The van der Waals surface area contributed by atoms with Crippen LogP contribution in [0.2, 0.25) is 5.02 Å². The average Bonchev–Trinajstić information content (AvgIpc) is 2.48. The third kappa shape index (κ3) is 4.49. The molecule has 1 amide bonds. The van der Waals surface area contributed by atoms with Crippen molar-refractivity contribution in [2.24, 2.45) is 0 Å². The van der Waals surface area contributed by atoms with Crippen LogP contribution in [-0.2, 0) is 0 Å². The van der Waals surface area contributed by atoms with Gasteiger partial charge in [0.15, 0.2) is 0 Å². The van der Waals surface area contributed by atoms with E-state index in [4.69, 9.17) is 11.6 Å². The Morgan fingerprint density at radius 3 is 2.86 bits per heavy atom. The van der Waals surface area contributed by atoms with E-state index in [-0.39, 0.29) is 5.91 Å². The molecule has 0 saturated heterocycles. The standard InChI is InChI=1S/C16H13ClINOS/c1-2-9-21-15-6-4-3-5-14(15)19-16(20)12-10-11(17)7-8-13(12)18/h2-8,10H,1,9H2,(H,19,20). The van der Waals surface area contributed by atoms with Crippen molar-refractivity contribution in [1.82, 2.24) is 0 Å². The minimum atomic E-state index is -0.159. The smallest absolute Gasteiger partial charge is 0.256 e. The number of benzene rings is 2. The highest BCUT2D eigenvalue weighted by atomic mass is 127. The second-order valence-electron chi connectivity index (χ2n) is 4.17. The van der Waals surface area contributed by atoms with E-state index in [1.807, 2.05) is 36.4 Å². The molecule has 0 aromatic heterocycles. The summed E-state index contributed by atoms with van der Waals surface area (Å²) >= 11 is 9.72. The maximum atomic E-state index is 12.4. The van der Waals surface area contributed by atoms with Crippen LogP contribution in [0.25, 0.3) is 0 Å². The van der Waals surface area contributed by atoms with E-state index < -0.39 is 0 Å². The molecule has 2 aromatic carbocycles. The number of para-hydroxylation sites is 1. The van der Waals surface area contributed by atoms with Crippen LogP contribution in [-0.4, -0.2) is 11.7 Å². The van der Waals surface area contributed by atoms with Crippen LogP contribution in [0.4, 0.5) is 5.69 Å². The number of rotatable bonds is 5. The van der Waals surface area contributed by atoms with Crippen molar-refractivity contribution in [2.75, 3.05) is 11.1 Å². The van der Waals surface area contributed by atoms with Gasteiger partial charge in [-0.2, -0.15) is 0 Å². The van der Waals surface area contributed by atoms with Crippen molar-refractivity contribution < 1.29 is 4.79 Å². The molecule has 0 saturated carbocycles. The Labute approximate surface area is 147 Å². The first kappa shape index (κ1) is 16.4. The summed E-state index contributed by atoms with van der Waals surface area (Å²) in [5, 5.41) is 3.50. The van der Waals surface area contributed by atoms with E-state index in [0.29, 0.717) is 10.6 Å². The summed E-state index contributed by atoms with van der Waals surface area (Å²) in [5.74, 6) is 0.634. The number of hydrogen-bond donors (Lipinski definition) is 1. The second-order valence-corrected chi connectivity index (χ2v) is 6.83. The quantitative estimate of drug-likeness (QED) is 0.388. The highest BCUT2D eigenvalue weighted by Gasteiger charge is 2.12. The lowest BCUT2D eigenvalue weighted by molar-refractivity contribution is 0.102. The maximum absolute atomic E-state index is 12.4. The zero-order chi connectivity index (χ0) is 15.2. The number of amides is 1. The Morgan fingerprint density at radius 1 is 1.33 bits per heavy atom. The van der Waals surface area contributed by atoms with Gasteiger partial charge in [-0.25, -0.2) is 0 Å². The van der Waals surface area contributed by atoms with Gasteiger partial charge in [-0.3, -0.25) is 4.79 Å². The zero-order valence-corrected chi connectivity index (χ0v) is 14.8. The van der Waals surface area contributed by atoms with Crippen molar-refractivity contribution >= 4 is 57.5 Å². The predicted octanol–water partition coefficient (Wildman–Crippen LogP) is 5.48. The van der Waals surface area contributed by atoms with Crippen molar-refractivity contribution in [1.29, 1.82) is 0 Å². The SMILES string of the molecule is C=CCSc1ccccc1NC(=O)c1cc(Cl)ccc1I. The minimum Gasteiger partial charge on any atom is -0.321 e. The lowest BCUT2D eigenvalue weighted by Gasteiger charge is -2.11. The van der Waals surface area contributed by atoms with Crippen LogP contribution < -0.4 is 5.32 Å². The molecule has 0 spiro atoms. The van der Waals surface area contributed by atoms with Crippen molar-refractivity contribution in [3.8, 4) is 0 Å². The molecule has 21 heavy (non-hydrogen) atoms. The van der Waals surface area contributed by atoms with Gasteiger partial charge in [0, 0.05) is 19.2 Å². The Bertz CT molecular complexity index is 675. The molecule has 0 bridgehead atoms. The first-order valence-corrected chi connectivity index (χ1v) is 8.65. The van der Waals surface area contributed by atoms with Crippen molar-refractivity contribution in [2.45, 2.75) is 4.90 Å². The summed E-state index contributed by atoms with van der Waals surface area (Å²) in [4.78, 5) is 13.4. The Morgan fingerprint density at radius 2 is 2.10 bits per heavy atom. The molecule has 2 rings (SSSR count). The van der Waals surface area contributed by atoms with Gasteiger partial charge >= 0.3 is 0 Å². The van der Waals surface area contributed by atoms with Gasteiger partial charge in [0.25, 0.3) is 5.91 Å². The average molecular weight is 430 g/mol. The van der Waals surface area contributed by atoms with Crippen molar-refractivity contribution in [3.05, 3.63) is 69.3 Å². The number of anilines is 1. The monoisotopic (exact) mass is 429 g/mol. The minimum absolute atomic E-state index is 0.159. The molecule has 0 unspecified atom stereocenters. The molecule has 0 aliphatic heterocycles. The fourth-order valence-corrected chi connectivity index (χ4v) is 3.20. The predicted molar refractivity (Wildman–Crippen MR) is 99.5 cm³/mol. The van der Waals surface area contributed by atoms with Crippen LogP contribution in [0.3, 0.4) is 0 Å². The summed E-state index contributed by atoms with van der Waals surface area (Å²) in [6.07, 6.45) is 1.84. The molecule has 0 radical (unpaired) electrons. The van der Waals surface area contributed by atoms with Crippen molar-refractivity contribution in [3.63, 3.8) is 0 Å². The molecule has 2 aromatic rings. The Balaban J connectivity index is 2.23.